The van der Waals surface area contributed by atoms with Gasteiger partial charge in [-0.15, -0.1) is 0 Å². The molecule has 0 aliphatic heterocycles. The first kappa shape index (κ1) is 41.4. The van der Waals surface area contributed by atoms with Crippen molar-refractivity contribution in [1.29, 1.82) is 0 Å². The molecule has 0 atom stereocenters. The number of hydrogen-bond acceptors (Lipinski definition) is 11. The molecule has 0 amide bonds. The SMILES string of the molecule is CCc1c(C(=O)O)[nH]c2c(N)cccc2c1=O.COC(=O)c1cc(=O)c2c(-c3ccccc3)ccc(N)c2[nH]1.Nc1cccc2c(=O)c(CCCO)c(C(=O)O)[nH]c12. The first-order chi connectivity index (χ1) is 27.7. The Bertz CT molecular complexity index is 2880. The molecule has 0 aliphatic carbocycles. The van der Waals surface area contributed by atoms with Crippen molar-refractivity contribution < 1.29 is 34.4 Å². The van der Waals surface area contributed by atoms with Crippen molar-refractivity contribution in [3.63, 3.8) is 0 Å². The molecule has 0 fully saturated rings. The molecule has 298 valence electrons. The number of carbonyl (C=O) groups excluding carboxylic acids is 1. The van der Waals surface area contributed by atoms with Crippen LogP contribution >= 0.6 is 0 Å². The molecule has 4 aromatic carbocycles. The highest BCUT2D eigenvalue weighted by Crippen LogP contribution is 2.29. The molecule has 0 unspecified atom stereocenters. The predicted molar refractivity (Wildman–Crippen MR) is 222 cm³/mol. The number of methoxy groups -OCH3 is 1. The summed E-state index contributed by atoms with van der Waals surface area (Å²) in [6.45, 7) is 1.64. The van der Waals surface area contributed by atoms with Crippen LogP contribution in [0.15, 0.2) is 99.3 Å². The van der Waals surface area contributed by atoms with E-state index in [9.17, 15) is 28.8 Å². The lowest BCUT2D eigenvalue weighted by Gasteiger charge is -2.10. The van der Waals surface area contributed by atoms with Crippen molar-refractivity contribution in [2.45, 2.75) is 26.2 Å². The highest BCUT2D eigenvalue weighted by molar-refractivity contribution is 6.02. The minimum atomic E-state index is -1.21. The normalized spacial score (nSPS) is 10.7. The minimum absolute atomic E-state index is 0.0805. The number of fused-ring (bicyclic) bond motifs is 3. The molecule has 58 heavy (non-hydrogen) atoms. The molecule has 7 rings (SSSR count). The van der Waals surface area contributed by atoms with Crippen molar-refractivity contribution in [3.8, 4) is 11.1 Å². The third-order valence-electron chi connectivity index (χ3n) is 9.21. The number of esters is 1. The largest absolute Gasteiger partial charge is 0.477 e. The number of aromatic carboxylic acids is 2. The van der Waals surface area contributed by atoms with E-state index in [1.807, 2.05) is 30.3 Å². The fraction of sp³-hybridized carbons (Fsp3) is 0.143. The number of rotatable bonds is 8. The zero-order valence-electron chi connectivity index (χ0n) is 31.3. The maximum Gasteiger partial charge on any atom is 0.354 e. The second kappa shape index (κ2) is 17.8. The highest BCUT2D eigenvalue weighted by Gasteiger charge is 2.19. The van der Waals surface area contributed by atoms with Crippen LogP contribution in [-0.4, -0.2) is 61.9 Å². The summed E-state index contributed by atoms with van der Waals surface area (Å²) in [5, 5.41) is 28.3. The summed E-state index contributed by atoms with van der Waals surface area (Å²) in [7, 11) is 1.26. The topological polar surface area (TPSA) is 298 Å². The summed E-state index contributed by atoms with van der Waals surface area (Å²) in [5.74, 6) is -2.97. The number of nitrogen functional groups attached to an aromatic ring is 3. The monoisotopic (exact) mass is 788 g/mol. The molecule has 0 bridgehead atoms. The summed E-state index contributed by atoms with van der Waals surface area (Å²) < 4.78 is 4.65. The summed E-state index contributed by atoms with van der Waals surface area (Å²) in [6.07, 6.45) is 0.900. The van der Waals surface area contributed by atoms with E-state index in [4.69, 9.17) is 32.5 Å². The van der Waals surface area contributed by atoms with Crippen LogP contribution in [0.2, 0.25) is 0 Å². The van der Waals surface area contributed by atoms with E-state index in [0.29, 0.717) is 62.6 Å². The van der Waals surface area contributed by atoms with E-state index in [1.54, 1.807) is 55.5 Å². The number of hydrogen-bond donors (Lipinski definition) is 9. The number of carboxylic acid groups (broad SMARTS) is 2. The van der Waals surface area contributed by atoms with E-state index in [1.165, 1.54) is 13.2 Å². The Balaban J connectivity index is 0.000000167. The lowest BCUT2D eigenvalue weighted by molar-refractivity contribution is 0.0592. The van der Waals surface area contributed by atoms with Gasteiger partial charge >= 0.3 is 17.9 Å². The molecular formula is C42H40N6O10. The number of aromatic nitrogens is 3. The smallest absolute Gasteiger partial charge is 0.354 e. The van der Waals surface area contributed by atoms with Gasteiger partial charge in [0.1, 0.15) is 17.1 Å². The van der Waals surface area contributed by atoms with E-state index >= 15 is 0 Å². The zero-order valence-corrected chi connectivity index (χ0v) is 31.3. The fourth-order valence-electron chi connectivity index (χ4n) is 6.41. The second-order valence-electron chi connectivity index (χ2n) is 12.8. The van der Waals surface area contributed by atoms with Gasteiger partial charge < -0.3 is 52.2 Å². The van der Waals surface area contributed by atoms with Crippen LogP contribution in [0.3, 0.4) is 0 Å². The van der Waals surface area contributed by atoms with Crippen LogP contribution in [0.4, 0.5) is 17.1 Å². The van der Waals surface area contributed by atoms with E-state index in [0.717, 1.165) is 11.1 Å². The Morgan fingerprint density at radius 3 is 1.72 bits per heavy atom. The van der Waals surface area contributed by atoms with Gasteiger partial charge in [0.2, 0.25) is 0 Å². The van der Waals surface area contributed by atoms with Gasteiger partial charge in [0.25, 0.3) is 0 Å². The number of pyridine rings is 3. The number of anilines is 3. The van der Waals surface area contributed by atoms with E-state index in [-0.39, 0.29) is 57.5 Å². The number of aliphatic hydroxyl groups excluding tert-OH is 1. The van der Waals surface area contributed by atoms with Gasteiger partial charge in [0.15, 0.2) is 16.3 Å². The number of aromatic amines is 3. The average Bonchev–Trinajstić information content (AvgIpc) is 3.21. The lowest BCUT2D eigenvalue weighted by atomic mass is 9.99. The standard InChI is InChI=1S/C17H14N2O3.C13H14N2O4.C12H12N2O3/c1-22-17(21)13-9-14(20)15-11(10-5-3-2-4-6-10)7-8-12(18)16(15)19-13;14-9-5-1-3-7-10(9)15-11(13(18)19)8(12(7)17)4-2-6-16;1-2-6-10(12(16)17)14-9-7(11(6)15)4-3-5-8(9)13/h2-9H,18H2,1H3,(H,19,20);1,3,5,16H,2,4,6,14H2,(H,15,17)(H,18,19);3-5H,2,13H2,1H3,(H,14,15)(H,16,17). The van der Waals surface area contributed by atoms with Gasteiger partial charge in [0, 0.05) is 34.6 Å². The number of nitrogens with two attached hydrogens (primary N) is 3. The number of ether oxygens (including phenoxy) is 1. The molecule has 16 heteroatoms. The van der Waals surface area contributed by atoms with Crippen molar-refractivity contribution in [3.05, 3.63) is 144 Å². The Morgan fingerprint density at radius 2 is 1.21 bits per heavy atom. The highest BCUT2D eigenvalue weighted by atomic mass is 16.5. The quantitative estimate of drug-likeness (QED) is 0.0748. The van der Waals surface area contributed by atoms with Gasteiger partial charge in [0.05, 0.1) is 46.1 Å². The minimum Gasteiger partial charge on any atom is -0.477 e. The number of carboxylic acids is 2. The van der Waals surface area contributed by atoms with Crippen LogP contribution in [-0.2, 0) is 17.6 Å². The molecule has 0 radical (unpaired) electrons. The van der Waals surface area contributed by atoms with Gasteiger partial charge in [-0.2, -0.15) is 0 Å². The maximum absolute atomic E-state index is 12.5. The third-order valence-corrected chi connectivity index (χ3v) is 9.21. The molecule has 0 aliphatic rings. The van der Waals surface area contributed by atoms with Crippen LogP contribution in [0.25, 0.3) is 43.8 Å². The van der Waals surface area contributed by atoms with E-state index in [2.05, 4.69) is 19.7 Å². The molecule has 16 nitrogen and oxygen atoms in total. The number of benzene rings is 4. The predicted octanol–water partition coefficient (Wildman–Crippen LogP) is 4.67. The first-order valence-corrected chi connectivity index (χ1v) is 17.8. The Kier molecular flexibility index (Phi) is 12.7. The molecule has 3 heterocycles. The van der Waals surface area contributed by atoms with Gasteiger partial charge in [-0.1, -0.05) is 55.5 Å². The van der Waals surface area contributed by atoms with Gasteiger partial charge in [-0.25, -0.2) is 14.4 Å². The molecule has 12 N–H and O–H groups in total. The summed E-state index contributed by atoms with van der Waals surface area (Å²) >= 11 is 0. The van der Waals surface area contributed by atoms with Crippen LogP contribution < -0.4 is 33.5 Å². The van der Waals surface area contributed by atoms with Gasteiger partial charge in [-0.3, -0.25) is 14.4 Å². The third kappa shape index (κ3) is 8.41. The van der Waals surface area contributed by atoms with Gasteiger partial charge in [-0.05, 0) is 60.7 Å². The molecule has 0 saturated heterocycles. The summed E-state index contributed by atoms with van der Waals surface area (Å²) in [4.78, 5) is 79.1. The summed E-state index contributed by atoms with van der Waals surface area (Å²) in [5.41, 5.74) is 20.7. The number of carbonyl (C=O) groups is 3. The summed E-state index contributed by atoms with van der Waals surface area (Å²) in [6, 6.07) is 24.0. The molecule has 0 spiro atoms. The molecule has 7 aromatic rings. The van der Waals surface area contributed by atoms with Crippen molar-refractivity contribution in [2.24, 2.45) is 0 Å². The maximum atomic E-state index is 12.5. The number of para-hydroxylation sites is 2. The molecule has 0 saturated carbocycles. The fourth-order valence-corrected chi connectivity index (χ4v) is 6.41. The van der Waals surface area contributed by atoms with Crippen molar-refractivity contribution in [2.75, 3.05) is 30.9 Å². The average molecular weight is 789 g/mol. The van der Waals surface area contributed by atoms with Crippen molar-refractivity contribution in [1.82, 2.24) is 15.0 Å². The Hall–Kier alpha value is -7.72. The second-order valence-corrected chi connectivity index (χ2v) is 12.8. The van der Waals surface area contributed by atoms with E-state index < -0.39 is 17.9 Å². The lowest BCUT2D eigenvalue weighted by Crippen LogP contribution is -2.19. The van der Waals surface area contributed by atoms with Crippen LogP contribution in [0.5, 0.6) is 0 Å². The zero-order chi connectivity index (χ0) is 42.3. The number of H-pyrrole nitrogens is 3. The van der Waals surface area contributed by atoms with Crippen molar-refractivity contribution >= 4 is 67.7 Å². The number of nitrogens with one attached hydrogen (secondary N) is 3. The Morgan fingerprint density at radius 1 is 0.672 bits per heavy atom. The Labute approximate surface area is 328 Å². The molecular weight excluding hydrogens is 748 g/mol. The number of aliphatic hydroxyl groups is 1. The molecule has 3 aromatic heterocycles. The first-order valence-electron chi connectivity index (χ1n) is 17.8. The van der Waals surface area contributed by atoms with Crippen LogP contribution in [0, 0.1) is 0 Å². The van der Waals surface area contributed by atoms with Crippen LogP contribution in [0.1, 0.15) is 55.9 Å².